The fraction of sp³-hybridized carbons (Fsp3) is 0.0926. The Balaban J connectivity index is 1.03. The van der Waals surface area contributed by atoms with Crippen molar-refractivity contribution in [3.05, 3.63) is 251 Å². The highest BCUT2D eigenvalue weighted by Gasteiger charge is 2.52. The number of benzene rings is 6. The summed E-state index contributed by atoms with van der Waals surface area (Å²) in [6, 6.07) is 53.0. The zero-order valence-electron chi connectivity index (χ0n) is 31.3. The molecule has 0 saturated carbocycles. The Hall–Kier alpha value is -6.77. The van der Waals surface area contributed by atoms with Gasteiger partial charge in [-0.2, -0.15) is 0 Å². The summed E-state index contributed by atoms with van der Waals surface area (Å²) in [5, 5.41) is 0. The van der Waals surface area contributed by atoms with E-state index in [0.29, 0.717) is 5.70 Å². The Morgan fingerprint density at radius 2 is 1.29 bits per heavy atom. The van der Waals surface area contributed by atoms with Gasteiger partial charge in [-0.05, 0) is 86.2 Å². The number of hydrogen-bond donors (Lipinski definition) is 1. The molecular weight excluding hydrogens is 677 g/mol. The molecule has 2 atom stereocenters. The van der Waals surface area contributed by atoms with E-state index in [9.17, 15) is 0 Å². The molecular formula is C54H42N2. The molecule has 1 spiro atoms. The van der Waals surface area contributed by atoms with Gasteiger partial charge >= 0.3 is 0 Å². The van der Waals surface area contributed by atoms with Gasteiger partial charge in [0.1, 0.15) is 0 Å². The lowest BCUT2D eigenvalue weighted by Crippen LogP contribution is -2.25. The highest BCUT2D eigenvalue weighted by atomic mass is 14.8. The number of hydrogen-bond acceptors (Lipinski definition) is 2. The van der Waals surface area contributed by atoms with Gasteiger partial charge in [-0.25, -0.2) is 4.99 Å². The van der Waals surface area contributed by atoms with E-state index in [1.165, 1.54) is 55.6 Å². The summed E-state index contributed by atoms with van der Waals surface area (Å²) in [6.07, 6.45) is 19.4. The van der Waals surface area contributed by atoms with E-state index in [-0.39, 0.29) is 17.3 Å². The van der Waals surface area contributed by atoms with Crippen LogP contribution in [-0.4, -0.2) is 5.71 Å². The fourth-order valence-electron chi connectivity index (χ4n) is 9.54. The van der Waals surface area contributed by atoms with Crippen molar-refractivity contribution < 1.29 is 0 Å². The largest absolute Gasteiger partial charge is 0.401 e. The quantitative estimate of drug-likeness (QED) is 0.164. The first-order valence-electron chi connectivity index (χ1n) is 19.7. The van der Waals surface area contributed by atoms with E-state index in [1.54, 1.807) is 0 Å². The maximum Gasteiger partial charge on any atom is 0.0726 e. The van der Waals surface area contributed by atoms with Gasteiger partial charge in [0.25, 0.3) is 0 Å². The van der Waals surface area contributed by atoms with Crippen LogP contribution in [0.4, 0.5) is 0 Å². The zero-order chi connectivity index (χ0) is 37.6. The first kappa shape index (κ1) is 33.8. The third kappa shape index (κ3) is 5.44. The molecule has 268 valence electrons. The molecule has 0 aromatic heterocycles. The molecule has 6 aromatic rings. The fourth-order valence-corrected chi connectivity index (χ4v) is 9.54. The standard InChI is InChI=1S/C54H42N2/c1-36(56-52(38-19-6-3-7-20-38)35-51(55)37-17-4-2-5-18-37)39-21-14-22-40(33-39)41-23-15-24-42(34-41)43-28-16-32-50-53(43)46-27-10-13-31-49(46)54(50)47-29-11-8-25-44(47)45-26-9-12-30-48(45)54/h2-17,19-23,25-35,37,42H,1,18,24,55H2/b51-35-,56-52?. The molecule has 2 unspecified atom stereocenters. The van der Waals surface area contributed by atoms with Crippen molar-refractivity contribution in [2.75, 3.05) is 0 Å². The van der Waals surface area contributed by atoms with Crippen molar-refractivity contribution in [1.29, 1.82) is 0 Å². The first-order valence-corrected chi connectivity index (χ1v) is 19.7. The Morgan fingerprint density at radius 1 is 0.643 bits per heavy atom. The minimum absolute atomic E-state index is 0.151. The van der Waals surface area contributed by atoms with Crippen LogP contribution in [0.3, 0.4) is 0 Å². The average molecular weight is 719 g/mol. The van der Waals surface area contributed by atoms with Crippen LogP contribution in [0.1, 0.15) is 63.3 Å². The third-order valence-corrected chi connectivity index (χ3v) is 12.1. The van der Waals surface area contributed by atoms with Crippen LogP contribution in [0.25, 0.3) is 33.5 Å². The predicted molar refractivity (Wildman–Crippen MR) is 234 cm³/mol. The zero-order valence-corrected chi connectivity index (χ0v) is 31.3. The van der Waals surface area contributed by atoms with Gasteiger partial charge in [0, 0.05) is 28.7 Å². The molecule has 0 saturated heterocycles. The lowest BCUT2D eigenvalue weighted by molar-refractivity contribution is 0.757. The molecule has 0 aliphatic heterocycles. The third-order valence-electron chi connectivity index (χ3n) is 12.1. The van der Waals surface area contributed by atoms with Crippen molar-refractivity contribution in [3.63, 3.8) is 0 Å². The molecule has 2 N–H and O–H groups in total. The van der Waals surface area contributed by atoms with Crippen molar-refractivity contribution in [1.82, 2.24) is 0 Å². The minimum Gasteiger partial charge on any atom is -0.401 e. The molecule has 2 heteroatoms. The van der Waals surface area contributed by atoms with E-state index >= 15 is 0 Å². The van der Waals surface area contributed by atoms with Gasteiger partial charge in [0.2, 0.25) is 0 Å². The lowest BCUT2D eigenvalue weighted by Gasteiger charge is -2.30. The molecule has 6 aromatic carbocycles. The van der Waals surface area contributed by atoms with E-state index < -0.39 is 0 Å². The molecule has 0 radical (unpaired) electrons. The summed E-state index contributed by atoms with van der Waals surface area (Å²) in [5.41, 5.74) is 25.2. The summed E-state index contributed by atoms with van der Waals surface area (Å²) in [6.45, 7) is 4.47. The van der Waals surface area contributed by atoms with Gasteiger partial charge in [-0.3, -0.25) is 0 Å². The number of nitrogens with two attached hydrogens (primary N) is 1. The lowest BCUT2D eigenvalue weighted by atomic mass is 9.70. The second kappa shape index (κ2) is 13.8. The maximum absolute atomic E-state index is 6.67. The Kier molecular flexibility index (Phi) is 8.33. The summed E-state index contributed by atoms with van der Waals surface area (Å²) in [4.78, 5) is 5.11. The molecule has 10 rings (SSSR count). The number of fused-ring (bicyclic) bond motifs is 10. The van der Waals surface area contributed by atoms with Crippen LogP contribution in [0.15, 0.2) is 211 Å². The van der Waals surface area contributed by atoms with Crippen LogP contribution < -0.4 is 5.73 Å². The van der Waals surface area contributed by atoms with Gasteiger partial charge < -0.3 is 5.73 Å². The second-order valence-electron chi connectivity index (χ2n) is 15.2. The first-order chi connectivity index (χ1) is 27.6. The number of allylic oxidation sites excluding steroid dienone is 9. The monoisotopic (exact) mass is 718 g/mol. The van der Waals surface area contributed by atoms with Crippen LogP contribution in [0.2, 0.25) is 0 Å². The van der Waals surface area contributed by atoms with Crippen molar-refractivity contribution in [3.8, 4) is 22.3 Å². The smallest absolute Gasteiger partial charge is 0.0726 e. The van der Waals surface area contributed by atoms with E-state index in [2.05, 4.69) is 177 Å². The van der Waals surface area contributed by atoms with Gasteiger partial charge in [-0.1, -0.05) is 189 Å². The molecule has 0 fully saturated rings. The SMILES string of the molecule is C=C(N=C(/C=C(\N)C1C=CC=CC1)c1ccccc1)c1cccc(C2=CC(c3cccc4c3-c3ccccc3C43c4ccccc4-c4ccccc43)CC=C2)c1. The topological polar surface area (TPSA) is 38.4 Å². The summed E-state index contributed by atoms with van der Waals surface area (Å²) in [5.74, 6) is 0.365. The molecule has 2 nitrogen and oxygen atoms in total. The normalized spacial score (nSPS) is 18.6. The van der Waals surface area contributed by atoms with E-state index in [0.717, 1.165) is 40.9 Å². The number of nitrogens with zero attached hydrogens (tertiary/aromatic N) is 1. The van der Waals surface area contributed by atoms with Crippen LogP contribution in [0.5, 0.6) is 0 Å². The van der Waals surface area contributed by atoms with E-state index in [1.807, 2.05) is 24.3 Å². The molecule has 0 amide bonds. The van der Waals surface area contributed by atoms with Crippen LogP contribution in [-0.2, 0) is 5.41 Å². The molecule has 4 aliphatic carbocycles. The summed E-state index contributed by atoms with van der Waals surface area (Å²) in [7, 11) is 0. The van der Waals surface area contributed by atoms with E-state index in [4.69, 9.17) is 10.7 Å². The van der Waals surface area contributed by atoms with Crippen molar-refractivity contribution >= 4 is 17.0 Å². The van der Waals surface area contributed by atoms with Crippen molar-refractivity contribution in [2.45, 2.75) is 24.2 Å². The molecule has 0 bridgehead atoms. The van der Waals surface area contributed by atoms with Crippen molar-refractivity contribution in [2.24, 2.45) is 16.6 Å². The molecule has 4 aliphatic rings. The summed E-state index contributed by atoms with van der Waals surface area (Å²) >= 11 is 0. The molecule has 56 heavy (non-hydrogen) atoms. The second-order valence-corrected chi connectivity index (χ2v) is 15.2. The number of aliphatic imine (C=N–C) groups is 1. The number of rotatable bonds is 7. The van der Waals surface area contributed by atoms with Gasteiger partial charge in [-0.15, -0.1) is 0 Å². The van der Waals surface area contributed by atoms with Gasteiger partial charge in [0.05, 0.1) is 16.8 Å². The minimum atomic E-state index is -0.343. The van der Waals surface area contributed by atoms with Crippen LogP contribution in [0, 0.1) is 5.92 Å². The highest BCUT2D eigenvalue weighted by Crippen LogP contribution is 2.63. The Bertz CT molecular complexity index is 2690. The average Bonchev–Trinajstić information content (AvgIpc) is 3.74. The Morgan fingerprint density at radius 3 is 2.02 bits per heavy atom. The van der Waals surface area contributed by atoms with Crippen LogP contribution >= 0.6 is 0 Å². The highest BCUT2D eigenvalue weighted by molar-refractivity contribution is 6.11. The van der Waals surface area contributed by atoms with Gasteiger partial charge in [0.15, 0.2) is 0 Å². The Labute approximate surface area is 329 Å². The summed E-state index contributed by atoms with van der Waals surface area (Å²) < 4.78 is 0. The molecule has 0 heterocycles. The predicted octanol–water partition coefficient (Wildman–Crippen LogP) is 12.6. The maximum atomic E-state index is 6.67.